The summed E-state index contributed by atoms with van der Waals surface area (Å²) in [5, 5.41) is 3.52. The molecule has 0 radical (unpaired) electrons. The topological polar surface area (TPSA) is 44.1 Å². The van der Waals surface area contributed by atoms with E-state index in [1.54, 1.807) is 0 Å². The second-order valence-electron chi connectivity index (χ2n) is 2.66. The van der Waals surface area contributed by atoms with Crippen LogP contribution in [0.4, 0.5) is 13.2 Å². The quantitative estimate of drug-likeness (QED) is 0.827. The van der Waals surface area contributed by atoms with Gasteiger partial charge in [-0.3, -0.25) is 4.79 Å². The van der Waals surface area contributed by atoms with Gasteiger partial charge in [0.25, 0.3) is 5.56 Å². The summed E-state index contributed by atoms with van der Waals surface area (Å²) in [7, 11) is 1.38. The van der Waals surface area contributed by atoms with E-state index >= 15 is 0 Å². The Hall–Kier alpha value is -1.05. The molecule has 0 bridgehead atoms. The smallest absolute Gasteiger partial charge is 0.422 e. The normalized spacial score (nSPS) is 11.5. The second-order valence-corrected chi connectivity index (χ2v) is 3.45. The van der Waals surface area contributed by atoms with Crippen LogP contribution in [0.3, 0.4) is 0 Å². The van der Waals surface area contributed by atoms with Crippen molar-refractivity contribution in [3.63, 3.8) is 0 Å². The number of nitrogens with zero attached hydrogens (tertiary/aromatic N) is 2. The summed E-state index contributed by atoms with van der Waals surface area (Å²) < 4.78 is 40.7. The van der Waals surface area contributed by atoms with Crippen molar-refractivity contribution in [3.05, 3.63) is 21.0 Å². The summed E-state index contributed by atoms with van der Waals surface area (Å²) in [5.41, 5.74) is -0.560. The molecule has 0 aliphatic carbocycles. The molecule has 1 aromatic rings. The number of hydrogen-bond acceptors (Lipinski definition) is 3. The monoisotopic (exact) mass is 286 g/mol. The van der Waals surface area contributed by atoms with Gasteiger partial charge in [-0.1, -0.05) is 0 Å². The van der Waals surface area contributed by atoms with Crippen LogP contribution < -0.4 is 10.3 Å². The van der Waals surface area contributed by atoms with Gasteiger partial charge in [-0.25, -0.2) is 4.68 Å². The number of halogens is 4. The van der Waals surface area contributed by atoms with Gasteiger partial charge >= 0.3 is 6.18 Å². The fourth-order valence-electron chi connectivity index (χ4n) is 0.756. The first-order chi connectivity index (χ1) is 6.81. The van der Waals surface area contributed by atoms with Gasteiger partial charge in [-0.05, 0) is 15.9 Å². The van der Waals surface area contributed by atoms with E-state index in [4.69, 9.17) is 0 Å². The highest BCUT2D eigenvalue weighted by atomic mass is 79.9. The Kier molecular flexibility index (Phi) is 3.38. The predicted octanol–water partition coefficient (Wildman–Crippen LogP) is 1.48. The number of aromatic nitrogens is 2. The molecule has 0 atom stereocenters. The van der Waals surface area contributed by atoms with Crippen LogP contribution >= 0.6 is 15.9 Å². The van der Waals surface area contributed by atoms with E-state index < -0.39 is 18.3 Å². The van der Waals surface area contributed by atoms with Crippen molar-refractivity contribution in [1.29, 1.82) is 0 Å². The van der Waals surface area contributed by atoms with Crippen molar-refractivity contribution in [2.45, 2.75) is 6.18 Å². The van der Waals surface area contributed by atoms with Crippen LogP contribution in [0, 0.1) is 0 Å². The first-order valence-corrected chi connectivity index (χ1v) is 4.52. The van der Waals surface area contributed by atoms with E-state index in [2.05, 4.69) is 25.8 Å². The molecule has 0 saturated carbocycles. The number of hydrogen-bond donors (Lipinski definition) is 0. The summed E-state index contributed by atoms with van der Waals surface area (Å²) in [6, 6.07) is 0. The minimum Gasteiger partial charge on any atom is -0.481 e. The van der Waals surface area contributed by atoms with Crippen LogP contribution in [-0.4, -0.2) is 22.6 Å². The average Bonchev–Trinajstić information content (AvgIpc) is 2.12. The molecule has 0 N–H and O–H groups in total. The highest BCUT2D eigenvalue weighted by Gasteiger charge is 2.29. The molecule has 4 nitrogen and oxygen atoms in total. The number of rotatable bonds is 2. The Morgan fingerprint density at radius 2 is 2.20 bits per heavy atom. The van der Waals surface area contributed by atoms with Gasteiger partial charge in [-0.15, -0.1) is 0 Å². The Morgan fingerprint density at radius 1 is 1.60 bits per heavy atom. The summed E-state index contributed by atoms with van der Waals surface area (Å²) in [4.78, 5) is 11.2. The lowest BCUT2D eigenvalue weighted by molar-refractivity contribution is -0.153. The minimum atomic E-state index is -4.44. The molecule has 1 heterocycles. The largest absolute Gasteiger partial charge is 0.481 e. The lowest BCUT2D eigenvalue weighted by Gasteiger charge is -2.09. The van der Waals surface area contributed by atoms with Crippen molar-refractivity contribution >= 4 is 15.9 Å². The Bertz CT molecular complexity index is 416. The molecule has 15 heavy (non-hydrogen) atoms. The zero-order chi connectivity index (χ0) is 11.6. The number of ether oxygens (including phenoxy) is 1. The third-order valence-electron chi connectivity index (χ3n) is 1.44. The molecule has 0 aliphatic heterocycles. The molecule has 0 fully saturated rings. The fraction of sp³-hybridized carbons (Fsp3) is 0.429. The maximum absolute atomic E-state index is 11.8. The van der Waals surface area contributed by atoms with Crippen LogP contribution in [-0.2, 0) is 7.05 Å². The van der Waals surface area contributed by atoms with E-state index in [-0.39, 0.29) is 10.2 Å². The van der Waals surface area contributed by atoms with Crippen LogP contribution in [0.5, 0.6) is 5.75 Å². The molecule has 0 aromatic carbocycles. The third-order valence-corrected chi connectivity index (χ3v) is 2.17. The number of aryl methyl sites for hydroxylation is 1. The van der Waals surface area contributed by atoms with Crippen molar-refractivity contribution in [3.8, 4) is 5.75 Å². The third kappa shape index (κ3) is 3.22. The summed E-state index contributed by atoms with van der Waals surface area (Å²) in [5.74, 6) is -0.226. The van der Waals surface area contributed by atoms with E-state index in [1.165, 1.54) is 7.05 Å². The van der Waals surface area contributed by atoms with Gasteiger partial charge in [0.15, 0.2) is 12.4 Å². The van der Waals surface area contributed by atoms with E-state index in [1.807, 2.05) is 0 Å². The van der Waals surface area contributed by atoms with Crippen molar-refractivity contribution in [2.24, 2.45) is 7.05 Å². The van der Waals surface area contributed by atoms with E-state index in [0.29, 0.717) is 0 Å². The predicted molar refractivity (Wildman–Crippen MR) is 48.7 cm³/mol. The van der Waals surface area contributed by atoms with Gasteiger partial charge in [-0.2, -0.15) is 18.3 Å². The highest BCUT2D eigenvalue weighted by molar-refractivity contribution is 9.10. The van der Waals surface area contributed by atoms with Gasteiger partial charge in [0.1, 0.15) is 4.47 Å². The second kappa shape index (κ2) is 4.21. The van der Waals surface area contributed by atoms with Crippen LogP contribution in [0.25, 0.3) is 0 Å². The molecule has 0 spiro atoms. The summed E-state index contributed by atoms with van der Waals surface area (Å²) in [6.45, 7) is -1.46. The molecule has 8 heteroatoms. The minimum absolute atomic E-state index is 0.0794. The van der Waals surface area contributed by atoms with Gasteiger partial charge in [0.05, 0.1) is 6.20 Å². The highest BCUT2D eigenvalue weighted by Crippen LogP contribution is 2.22. The summed E-state index contributed by atoms with van der Waals surface area (Å²) >= 11 is 2.83. The number of alkyl halides is 3. The Balaban J connectivity index is 2.89. The molecular weight excluding hydrogens is 281 g/mol. The Labute approximate surface area is 90.8 Å². The maximum atomic E-state index is 11.8. The van der Waals surface area contributed by atoms with Gasteiger partial charge < -0.3 is 4.74 Å². The van der Waals surface area contributed by atoms with Crippen LogP contribution in [0.1, 0.15) is 0 Å². The van der Waals surface area contributed by atoms with E-state index in [0.717, 1.165) is 10.9 Å². The molecule has 0 aliphatic rings. The maximum Gasteiger partial charge on any atom is 0.422 e. The van der Waals surface area contributed by atoms with Gasteiger partial charge in [0, 0.05) is 7.05 Å². The molecule has 1 rings (SSSR count). The first kappa shape index (κ1) is 12.0. The SMILES string of the molecule is Cn1ncc(OCC(F)(F)F)c(Br)c1=O. The Morgan fingerprint density at radius 3 is 2.73 bits per heavy atom. The van der Waals surface area contributed by atoms with Gasteiger partial charge in [0.2, 0.25) is 0 Å². The average molecular weight is 287 g/mol. The van der Waals surface area contributed by atoms with Crippen molar-refractivity contribution < 1.29 is 17.9 Å². The lowest BCUT2D eigenvalue weighted by atomic mass is 10.5. The molecule has 0 unspecified atom stereocenters. The molecule has 0 amide bonds. The first-order valence-electron chi connectivity index (χ1n) is 3.72. The molecule has 0 saturated heterocycles. The van der Waals surface area contributed by atoms with Crippen molar-refractivity contribution in [1.82, 2.24) is 9.78 Å². The summed E-state index contributed by atoms with van der Waals surface area (Å²) in [6.07, 6.45) is -3.41. The zero-order valence-electron chi connectivity index (χ0n) is 7.51. The van der Waals surface area contributed by atoms with E-state index in [9.17, 15) is 18.0 Å². The molecule has 84 valence electrons. The fourth-order valence-corrected chi connectivity index (χ4v) is 1.23. The molecule has 1 aromatic heterocycles. The van der Waals surface area contributed by atoms with Crippen LogP contribution in [0.15, 0.2) is 15.5 Å². The standard InChI is InChI=1S/C7H6BrF3N2O2/c1-13-6(14)5(8)4(2-12-13)15-3-7(9,10)11/h2H,3H2,1H3. The molecular formula is C7H6BrF3N2O2. The lowest BCUT2D eigenvalue weighted by Crippen LogP contribution is -2.23. The zero-order valence-corrected chi connectivity index (χ0v) is 9.09. The van der Waals surface area contributed by atoms with Crippen molar-refractivity contribution in [2.75, 3.05) is 6.61 Å². The van der Waals surface area contributed by atoms with Crippen LogP contribution in [0.2, 0.25) is 0 Å².